The van der Waals surface area contributed by atoms with Crippen molar-refractivity contribution in [3.63, 3.8) is 0 Å². The predicted octanol–water partition coefficient (Wildman–Crippen LogP) is 4.04. The van der Waals surface area contributed by atoms with Gasteiger partial charge in [0.15, 0.2) is 5.69 Å². The van der Waals surface area contributed by atoms with Crippen molar-refractivity contribution in [2.24, 2.45) is 0 Å². The smallest absolute Gasteiger partial charge is 0.435 e. The lowest BCUT2D eigenvalue weighted by molar-refractivity contribution is -0.140. The zero-order valence-electron chi connectivity index (χ0n) is 12.7. The van der Waals surface area contributed by atoms with E-state index >= 15 is 0 Å². The summed E-state index contributed by atoms with van der Waals surface area (Å²) in [6.07, 6.45) is -2.06. The van der Waals surface area contributed by atoms with Crippen LogP contribution in [-0.2, 0) is 6.18 Å². The molecule has 0 aliphatic heterocycles. The molecular weight excluding hydrogens is 379 g/mol. The SMILES string of the molecule is CCOc1nccnc1-n1nc(C(F)(F)F)c(-c2ccsc2Cl)c1N. The summed E-state index contributed by atoms with van der Waals surface area (Å²) >= 11 is 7.11. The van der Waals surface area contributed by atoms with Gasteiger partial charge in [-0.05, 0) is 18.4 Å². The number of ether oxygens (including phenoxy) is 1. The van der Waals surface area contributed by atoms with Gasteiger partial charge < -0.3 is 10.5 Å². The van der Waals surface area contributed by atoms with E-state index in [1.165, 1.54) is 18.5 Å². The van der Waals surface area contributed by atoms with E-state index in [0.717, 1.165) is 16.0 Å². The van der Waals surface area contributed by atoms with Crippen LogP contribution in [0.25, 0.3) is 16.9 Å². The number of rotatable bonds is 4. The summed E-state index contributed by atoms with van der Waals surface area (Å²) in [6, 6.07) is 1.46. The predicted molar refractivity (Wildman–Crippen MR) is 88.1 cm³/mol. The summed E-state index contributed by atoms with van der Waals surface area (Å²) in [5.74, 6) is -0.269. The van der Waals surface area contributed by atoms with E-state index in [2.05, 4.69) is 15.1 Å². The second-order valence-corrected chi connectivity index (χ2v) is 6.26. The Morgan fingerprint density at radius 3 is 2.64 bits per heavy atom. The van der Waals surface area contributed by atoms with E-state index in [-0.39, 0.29) is 39.6 Å². The summed E-state index contributed by atoms with van der Waals surface area (Å²) in [7, 11) is 0. The third kappa shape index (κ3) is 3.14. The molecule has 3 aromatic rings. The number of nitrogens with two attached hydrogens (primary N) is 1. The largest absolute Gasteiger partial charge is 0.475 e. The highest BCUT2D eigenvalue weighted by atomic mass is 35.5. The molecule has 6 nitrogen and oxygen atoms in total. The summed E-state index contributed by atoms with van der Waals surface area (Å²) in [5.41, 5.74) is 4.68. The molecule has 0 unspecified atom stereocenters. The highest BCUT2D eigenvalue weighted by Crippen LogP contribution is 2.44. The normalized spacial score (nSPS) is 11.7. The fraction of sp³-hybridized carbons (Fsp3) is 0.214. The van der Waals surface area contributed by atoms with Crippen molar-refractivity contribution in [2.75, 3.05) is 12.3 Å². The second kappa shape index (κ2) is 6.52. The topological polar surface area (TPSA) is 78.9 Å². The molecule has 132 valence electrons. The molecule has 0 bridgehead atoms. The standard InChI is InChI=1S/C14H11ClF3N5OS/c1-2-24-13-12(20-4-5-21-13)23-11(19)8(7-3-6-25-10(7)15)9(22-23)14(16,17)18/h3-6H,2,19H2,1H3. The quantitative estimate of drug-likeness (QED) is 0.728. The lowest BCUT2D eigenvalue weighted by atomic mass is 10.1. The number of anilines is 1. The van der Waals surface area contributed by atoms with Crippen molar-refractivity contribution in [3.8, 4) is 22.8 Å². The maximum atomic E-state index is 13.5. The summed E-state index contributed by atoms with van der Waals surface area (Å²) < 4.78 is 46.8. The molecule has 0 saturated carbocycles. The average Bonchev–Trinajstić information content (AvgIpc) is 3.11. The maximum Gasteiger partial charge on any atom is 0.435 e. The number of thiophene rings is 1. The number of aromatic nitrogens is 4. The molecule has 2 N–H and O–H groups in total. The molecule has 3 rings (SSSR count). The minimum absolute atomic E-state index is 0.0240. The highest BCUT2D eigenvalue weighted by molar-refractivity contribution is 7.15. The molecular formula is C14H11ClF3N5OS. The van der Waals surface area contributed by atoms with E-state index in [1.54, 1.807) is 12.3 Å². The van der Waals surface area contributed by atoms with Crippen LogP contribution in [0.5, 0.6) is 5.88 Å². The summed E-state index contributed by atoms with van der Waals surface area (Å²) in [5, 5.41) is 5.19. The maximum absolute atomic E-state index is 13.5. The van der Waals surface area contributed by atoms with Gasteiger partial charge in [0.1, 0.15) is 10.2 Å². The van der Waals surface area contributed by atoms with Crippen molar-refractivity contribution in [3.05, 3.63) is 33.9 Å². The second-order valence-electron chi connectivity index (χ2n) is 4.74. The van der Waals surface area contributed by atoms with Crippen LogP contribution < -0.4 is 10.5 Å². The van der Waals surface area contributed by atoms with Gasteiger partial charge in [-0.15, -0.1) is 11.3 Å². The lowest BCUT2D eigenvalue weighted by Crippen LogP contribution is -2.10. The molecule has 0 saturated heterocycles. The molecule has 0 atom stereocenters. The Hall–Kier alpha value is -2.33. The minimum Gasteiger partial charge on any atom is -0.475 e. The lowest BCUT2D eigenvalue weighted by Gasteiger charge is -2.08. The number of halogens is 4. The van der Waals surface area contributed by atoms with E-state index in [1.807, 2.05) is 0 Å². The van der Waals surface area contributed by atoms with Crippen molar-refractivity contribution in [1.82, 2.24) is 19.7 Å². The molecule has 0 amide bonds. The van der Waals surface area contributed by atoms with Crippen LogP contribution in [-0.4, -0.2) is 26.4 Å². The molecule has 0 aliphatic rings. The number of nitrogen functional groups attached to an aromatic ring is 1. The monoisotopic (exact) mass is 389 g/mol. The van der Waals surface area contributed by atoms with Crippen LogP contribution in [0.2, 0.25) is 4.34 Å². The summed E-state index contributed by atoms with van der Waals surface area (Å²) in [4.78, 5) is 7.96. The van der Waals surface area contributed by atoms with Crippen LogP contribution in [0.3, 0.4) is 0 Å². The van der Waals surface area contributed by atoms with Crippen LogP contribution in [0.15, 0.2) is 23.8 Å². The molecule has 3 heterocycles. The first-order chi connectivity index (χ1) is 11.8. The zero-order chi connectivity index (χ0) is 18.2. The van der Waals surface area contributed by atoms with Crippen molar-refractivity contribution in [2.45, 2.75) is 13.1 Å². The Morgan fingerprint density at radius 2 is 2.04 bits per heavy atom. The van der Waals surface area contributed by atoms with E-state index in [4.69, 9.17) is 22.1 Å². The van der Waals surface area contributed by atoms with Gasteiger partial charge in [0.2, 0.25) is 5.82 Å². The molecule has 25 heavy (non-hydrogen) atoms. The van der Waals surface area contributed by atoms with E-state index in [9.17, 15) is 13.2 Å². The van der Waals surface area contributed by atoms with Gasteiger partial charge in [-0.2, -0.15) is 23.0 Å². The van der Waals surface area contributed by atoms with Gasteiger partial charge in [-0.3, -0.25) is 0 Å². The fourth-order valence-corrected chi connectivity index (χ4v) is 3.16. The third-order valence-electron chi connectivity index (χ3n) is 3.21. The van der Waals surface area contributed by atoms with Crippen molar-refractivity contribution < 1.29 is 17.9 Å². The molecule has 0 fully saturated rings. The Balaban J connectivity index is 2.28. The Bertz CT molecular complexity index is 908. The number of hydrogen-bond donors (Lipinski definition) is 1. The Labute approximate surface area is 149 Å². The van der Waals surface area contributed by atoms with E-state index < -0.39 is 11.9 Å². The zero-order valence-corrected chi connectivity index (χ0v) is 14.3. The number of hydrogen-bond acceptors (Lipinski definition) is 6. The van der Waals surface area contributed by atoms with E-state index in [0.29, 0.717) is 0 Å². The Morgan fingerprint density at radius 1 is 1.32 bits per heavy atom. The number of alkyl halides is 3. The first-order valence-electron chi connectivity index (χ1n) is 6.97. The van der Waals surface area contributed by atoms with Gasteiger partial charge >= 0.3 is 6.18 Å². The van der Waals surface area contributed by atoms with Crippen molar-refractivity contribution >= 4 is 28.8 Å². The van der Waals surface area contributed by atoms with Gasteiger partial charge in [-0.1, -0.05) is 11.6 Å². The van der Waals surface area contributed by atoms with Gasteiger partial charge in [0.05, 0.1) is 12.2 Å². The van der Waals surface area contributed by atoms with Crippen LogP contribution in [0.4, 0.5) is 19.0 Å². The minimum atomic E-state index is -4.73. The number of nitrogens with zero attached hydrogens (tertiary/aromatic N) is 4. The molecule has 0 aliphatic carbocycles. The highest BCUT2D eigenvalue weighted by Gasteiger charge is 2.40. The van der Waals surface area contributed by atoms with Crippen LogP contribution in [0, 0.1) is 0 Å². The first-order valence-corrected chi connectivity index (χ1v) is 8.23. The van der Waals surface area contributed by atoms with Gasteiger partial charge in [0.25, 0.3) is 5.88 Å². The van der Waals surface area contributed by atoms with Crippen LogP contribution >= 0.6 is 22.9 Å². The first kappa shape index (κ1) is 17.5. The summed E-state index contributed by atoms with van der Waals surface area (Å²) in [6.45, 7) is 1.96. The molecule has 11 heteroatoms. The molecule has 0 radical (unpaired) electrons. The van der Waals surface area contributed by atoms with Crippen LogP contribution in [0.1, 0.15) is 12.6 Å². The average molecular weight is 390 g/mol. The van der Waals surface area contributed by atoms with Gasteiger partial charge in [-0.25, -0.2) is 9.97 Å². The fourth-order valence-electron chi connectivity index (χ4n) is 2.23. The van der Waals surface area contributed by atoms with Crippen molar-refractivity contribution in [1.29, 1.82) is 0 Å². The Kier molecular flexibility index (Phi) is 4.56. The van der Waals surface area contributed by atoms with Gasteiger partial charge in [0, 0.05) is 18.0 Å². The molecule has 0 spiro atoms. The third-order valence-corrected chi connectivity index (χ3v) is 4.38. The molecule has 3 aromatic heterocycles. The molecule has 0 aromatic carbocycles.